The van der Waals surface area contributed by atoms with Crippen molar-refractivity contribution < 1.29 is 14.4 Å². The molecule has 0 radical (unpaired) electrons. The van der Waals surface area contributed by atoms with Gasteiger partial charge in [-0.3, -0.25) is 9.59 Å². The van der Waals surface area contributed by atoms with Gasteiger partial charge in [0.1, 0.15) is 5.56 Å². The first kappa shape index (κ1) is 21.0. The van der Waals surface area contributed by atoms with Crippen molar-refractivity contribution in [3.05, 3.63) is 106 Å². The van der Waals surface area contributed by atoms with Crippen molar-refractivity contribution >= 4 is 11.9 Å². The second kappa shape index (κ2) is 10.2. The third-order valence-corrected chi connectivity index (χ3v) is 4.72. The van der Waals surface area contributed by atoms with E-state index in [0.29, 0.717) is 6.42 Å². The maximum Gasteiger partial charge on any atom is 0.332 e. The van der Waals surface area contributed by atoms with E-state index in [2.05, 4.69) is 5.48 Å². The summed E-state index contributed by atoms with van der Waals surface area (Å²) < 4.78 is 1.51. The summed E-state index contributed by atoms with van der Waals surface area (Å²) in [6, 6.07) is 21.8. The van der Waals surface area contributed by atoms with Crippen LogP contribution in [0.1, 0.15) is 53.7 Å². The minimum atomic E-state index is -0.751. The van der Waals surface area contributed by atoms with E-state index < -0.39 is 23.5 Å². The predicted molar refractivity (Wildman–Crippen MR) is 114 cm³/mol. The molecule has 1 aromatic heterocycles. The van der Waals surface area contributed by atoms with Crippen molar-refractivity contribution in [1.82, 2.24) is 10.0 Å². The minimum absolute atomic E-state index is 0.0994. The molecule has 30 heavy (non-hydrogen) atoms. The number of rotatable bonds is 7. The van der Waals surface area contributed by atoms with Crippen LogP contribution in [-0.4, -0.2) is 16.4 Å². The molecule has 0 saturated heterocycles. The summed E-state index contributed by atoms with van der Waals surface area (Å²) in [6.45, 7) is 1.95. The highest BCUT2D eigenvalue weighted by molar-refractivity contribution is 5.93. The number of nitrogens with zero attached hydrogens (tertiary/aromatic N) is 1. The van der Waals surface area contributed by atoms with E-state index in [1.807, 2.05) is 67.6 Å². The van der Waals surface area contributed by atoms with Gasteiger partial charge in [-0.05, 0) is 29.7 Å². The number of pyridine rings is 1. The third-order valence-electron chi connectivity index (χ3n) is 4.72. The SMILES string of the molecule is CCCCC(=O)ONC(=O)c1cccn(C(c2ccccc2)c2ccccc2)c1=O. The van der Waals surface area contributed by atoms with E-state index in [1.165, 1.54) is 10.6 Å². The lowest BCUT2D eigenvalue weighted by Gasteiger charge is -2.21. The second-order valence-corrected chi connectivity index (χ2v) is 6.87. The molecule has 0 atom stereocenters. The van der Waals surface area contributed by atoms with Gasteiger partial charge in [0.15, 0.2) is 0 Å². The van der Waals surface area contributed by atoms with Gasteiger partial charge in [-0.15, -0.1) is 0 Å². The topological polar surface area (TPSA) is 77.4 Å². The molecule has 0 aliphatic rings. The molecule has 0 bridgehead atoms. The fourth-order valence-electron chi connectivity index (χ4n) is 3.20. The van der Waals surface area contributed by atoms with Crippen LogP contribution >= 0.6 is 0 Å². The van der Waals surface area contributed by atoms with Crippen LogP contribution in [0.4, 0.5) is 0 Å². The standard InChI is InChI=1S/C24H24N2O4/c1-2-3-16-21(27)30-25-23(28)20-15-10-17-26(24(20)29)22(18-11-6-4-7-12-18)19-13-8-5-9-14-19/h4-15,17,22H,2-3,16H2,1H3,(H,25,28). The van der Waals surface area contributed by atoms with Crippen molar-refractivity contribution in [2.45, 2.75) is 32.2 Å². The van der Waals surface area contributed by atoms with E-state index in [-0.39, 0.29) is 12.0 Å². The average Bonchev–Trinajstić information content (AvgIpc) is 2.79. The van der Waals surface area contributed by atoms with Gasteiger partial charge in [-0.2, -0.15) is 5.48 Å². The number of hydrogen-bond donors (Lipinski definition) is 1. The van der Waals surface area contributed by atoms with Gasteiger partial charge in [0.05, 0.1) is 6.04 Å². The number of amides is 1. The van der Waals surface area contributed by atoms with Crippen molar-refractivity contribution in [3.63, 3.8) is 0 Å². The highest BCUT2D eigenvalue weighted by atomic mass is 16.7. The molecule has 2 aromatic carbocycles. The van der Waals surface area contributed by atoms with Crippen LogP contribution in [0.15, 0.2) is 83.8 Å². The van der Waals surface area contributed by atoms with Gasteiger partial charge in [0, 0.05) is 12.6 Å². The molecule has 3 aromatic rings. The van der Waals surface area contributed by atoms with Gasteiger partial charge in [0.25, 0.3) is 11.5 Å². The van der Waals surface area contributed by atoms with Crippen LogP contribution in [0.5, 0.6) is 0 Å². The molecule has 1 N–H and O–H groups in total. The summed E-state index contributed by atoms with van der Waals surface area (Å²) in [6.07, 6.45) is 3.37. The summed E-state index contributed by atoms with van der Waals surface area (Å²) in [7, 11) is 0. The Morgan fingerprint density at radius 3 is 2.10 bits per heavy atom. The number of nitrogens with one attached hydrogen (secondary N) is 1. The normalized spacial score (nSPS) is 10.6. The molecule has 0 saturated carbocycles. The average molecular weight is 404 g/mol. The van der Waals surface area contributed by atoms with E-state index in [0.717, 1.165) is 17.5 Å². The molecular weight excluding hydrogens is 380 g/mol. The summed E-state index contributed by atoms with van der Waals surface area (Å²) in [5, 5.41) is 0. The molecule has 6 nitrogen and oxygen atoms in total. The predicted octanol–water partition coefficient (Wildman–Crippen LogP) is 3.86. The van der Waals surface area contributed by atoms with Crippen molar-refractivity contribution in [1.29, 1.82) is 0 Å². The number of unbranched alkanes of at least 4 members (excludes halogenated alkanes) is 1. The highest BCUT2D eigenvalue weighted by Gasteiger charge is 2.21. The summed E-state index contributed by atoms with van der Waals surface area (Å²) in [5.41, 5.74) is 3.34. The Bertz CT molecular complexity index is 1010. The summed E-state index contributed by atoms with van der Waals surface area (Å²) >= 11 is 0. The van der Waals surface area contributed by atoms with E-state index >= 15 is 0 Å². The largest absolute Gasteiger partial charge is 0.341 e. The number of hydroxylamine groups is 1. The molecule has 1 amide bonds. The maximum atomic E-state index is 13.2. The lowest BCUT2D eigenvalue weighted by atomic mass is 9.98. The fourth-order valence-corrected chi connectivity index (χ4v) is 3.20. The summed E-state index contributed by atoms with van der Waals surface area (Å²) in [4.78, 5) is 42.1. The van der Waals surface area contributed by atoms with Crippen LogP contribution in [-0.2, 0) is 9.63 Å². The lowest BCUT2D eigenvalue weighted by Crippen LogP contribution is -2.35. The monoisotopic (exact) mass is 404 g/mol. The Hall–Kier alpha value is -3.67. The zero-order chi connectivity index (χ0) is 21.3. The fraction of sp³-hybridized carbons (Fsp3) is 0.208. The zero-order valence-electron chi connectivity index (χ0n) is 16.8. The number of carbonyl (C=O) groups is 2. The Morgan fingerprint density at radius 1 is 0.933 bits per heavy atom. The van der Waals surface area contributed by atoms with E-state index in [9.17, 15) is 14.4 Å². The molecule has 0 fully saturated rings. The first-order valence-corrected chi connectivity index (χ1v) is 9.93. The molecule has 6 heteroatoms. The first-order valence-electron chi connectivity index (χ1n) is 9.93. The van der Waals surface area contributed by atoms with Gasteiger partial charge in [0.2, 0.25) is 0 Å². The maximum absolute atomic E-state index is 13.2. The van der Waals surface area contributed by atoms with Crippen LogP contribution in [0.3, 0.4) is 0 Å². The molecule has 0 unspecified atom stereocenters. The smallest absolute Gasteiger partial charge is 0.332 e. The lowest BCUT2D eigenvalue weighted by molar-refractivity contribution is -0.149. The molecular formula is C24H24N2O4. The van der Waals surface area contributed by atoms with Gasteiger partial charge >= 0.3 is 5.97 Å². The number of aromatic nitrogens is 1. The second-order valence-electron chi connectivity index (χ2n) is 6.87. The highest BCUT2D eigenvalue weighted by Crippen LogP contribution is 2.25. The Kier molecular flexibility index (Phi) is 7.16. The zero-order valence-corrected chi connectivity index (χ0v) is 16.8. The Morgan fingerprint density at radius 2 is 1.53 bits per heavy atom. The quantitative estimate of drug-likeness (QED) is 0.607. The molecule has 154 valence electrons. The van der Waals surface area contributed by atoms with Crippen molar-refractivity contribution in [2.24, 2.45) is 0 Å². The van der Waals surface area contributed by atoms with E-state index in [4.69, 9.17) is 4.84 Å². The minimum Gasteiger partial charge on any atom is -0.341 e. The number of benzene rings is 2. The van der Waals surface area contributed by atoms with Crippen LogP contribution in [0.2, 0.25) is 0 Å². The molecule has 3 rings (SSSR count). The number of hydrogen-bond acceptors (Lipinski definition) is 4. The van der Waals surface area contributed by atoms with Crippen LogP contribution < -0.4 is 11.0 Å². The summed E-state index contributed by atoms with van der Waals surface area (Å²) in [5.74, 6) is -1.29. The molecule has 0 aliphatic heterocycles. The molecule has 0 aliphatic carbocycles. The van der Waals surface area contributed by atoms with Crippen LogP contribution in [0.25, 0.3) is 0 Å². The van der Waals surface area contributed by atoms with Gasteiger partial charge in [-0.1, -0.05) is 74.0 Å². The van der Waals surface area contributed by atoms with Crippen molar-refractivity contribution in [3.8, 4) is 0 Å². The number of carbonyl (C=O) groups excluding carboxylic acids is 2. The third kappa shape index (κ3) is 5.03. The Labute approximate surface area is 175 Å². The Balaban J connectivity index is 1.92. The van der Waals surface area contributed by atoms with Crippen LogP contribution in [0, 0.1) is 0 Å². The van der Waals surface area contributed by atoms with Gasteiger partial charge < -0.3 is 9.40 Å². The molecule has 0 spiro atoms. The first-order chi connectivity index (χ1) is 14.6. The van der Waals surface area contributed by atoms with E-state index in [1.54, 1.807) is 12.3 Å². The van der Waals surface area contributed by atoms with Gasteiger partial charge in [-0.25, -0.2) is 4.79 Å². The van der Waals surface area contributed by atoms with Crippen molar-refractivity contribution in [2.75, 3.05) is 0 Å². The molecule has 1 heterocycles.